The van der Waals surface area contributed by atoms with E-state index in [1.807, 2.05) is 0 Å². The van der Waals surface area contributed by atoms with Crippen molar-refractivity contribution in [2.24, 2.45) is 0 Å². The molecule has 128 valence electrons. The third kappa shape index (κ3) is 5.72. The maximum Gasteiger partial charge on any atom is 0.419 e. The Morgan fingerprint density at radius 2 is 2.17 bits per heavy atom. The van der Waals surface area contributed by atoms with Gasteiger partial charge in [0.05, 0.1) is 25.3 Å². The van der Waals surface area contributed by atoms with Gasteiger partial charge in [0, 0.05) is 19.0 Å². The molecule has 1 aromatic carbocycles. The number of hydrogen-bond donors (Lipinski definition) is 2. The molecule has 8 heteroatoms. The van der Waals surface area contributed by atoms with Crippen LogP contribution in [0.5, 0.6) is 5.75 Å². The number of hydrogen-bond acceptors (Lipinski definition) is 4. The lowest BCUT2D eigenvalue weighted by Crippen LogP contribution is -2.44. The zero-order chi connectivity index (χ0) is 16.7. The number of amides is 1. The number of halogens is 3. The minimum atomic E-state index is -4.47. The van der Waals surface area contributed by atoms with Crippen molar-refractivity contribution in [2.75, 3.05) is 32.9 Å². The largest absolute Gasteiger partial charge is 0.491 e. The second kappa shape index (κ2) is 8.16. The van der Waals surface area contributed by atoms with Crippen LogP contribution in [0.3, 0.4) is 0 Å². The summed E-state index contributed by atoms with van der Waals surface area (Å²) in [6.07, 6.45) is -4.20. The number of rotatable bonds is 6. The molecule has 1 aliphatic rings. The molecule has 0 saturated carbocycles. The minimum absolute atomic E-state index is 0.0318. The Kier molecular flexibility index (Phi) is 6.23. The first kappa shape index (κ1) is 17.6. The monoisotopic (exact) mass is 332 g/mol. The Balaban J connectivity index is 1.72. The zero-order valence-electron chi connectivity index (χ0n) is 12.5. The molecule has 0 aliphatic carbocycles. The highest BCUT2D eigenvalue weighted by molar-refractivity contribution is 5.76. The molecule has 0 spiro atoms. The second-order valence-electron chi connectivity index (χ2n) is 5.12. The predicted octanol–water partition coefficient (Wildman–Crippen LogP) is 1.58. The molecule has 0 radical (unpaired) electrons. The molecule has 1 fully saturated rings. The van der Waals surface area contributed by atoms with Crippen molar-refractivity contribution in [3.63, 3.8) is 0 Å². The summed E-state index contributed by atoms with van der Waals surface area (Å²) in [5.74, 6) is -0.433. The van der Waals surface area contributed by atoms with E-state index in [1.165, 1.54) is 18.2 Å². The minimum Gasteiger partial charge on any atom is -0.491 e. The Labute approximate surface area is 132 Å². The Hall–Kier alpha value is -1.80. The van der Waals surface area contributed by atoms with Crippen LogP contribution in [-0.4, -0.2) is 44.9 Å². The number of alkyl halides is 3. The van der Waals surface area contributed by atoms with E-state index in [0.717, 1.165) is 6.07 Å². The van der Waals surface area contributed by atoms with Gasteiger partial charge in [0.1, 0.15) is 12.4 Å². The lowest BCUT2D eigenvalue weighted by atomic mass is 10.2. The van der Waals surface area contributed by atoms with Gasteiger partial charge >= 0.3 is 6.18 Å². The highest BCUT2D eigenvalue weighted by Crippen LogP contribution is 2.35. The molecule has 0 aromatic heterocycles. The van der Waals surface area contributed by atoms with E-state index in [9.17, 15) is 18.0 Å². The number of carbonyl (C=O) groups excluding carboxylic acids is 1. The number of nitrogens with one attached hydrogen (secondary N) is 2. The van der Waals surface area contributed by atoms with Crippen molar-refractivity contribution in [3.8, 4) is 5.75 Å². The van der Waals surface area contributed by atoms with Crippen molar-refractivity contribution in [3.05, 3.63) is 29.8 Å². The first-order valence-electron chi connectivity index (χ1n) is 7.33. The maximum absolute atomic E-state index is 12.8. The summed E-state index contributed by atoms with van der Waals surface area (Å²) in [6.45, 7) is 1.91. The molecule has 1 unspecified atom stereocenters. The van der Waals surface area contributed by atoms with Gasteiger partial charge in [-0.25, -0.2) is 0 Å². The summed E-state index contributed by atoms with van der Waals surface area (Å²) in [7, 11) is 0. The van der Waals surface area contributed by atoms with E-state index >= 15 is 0 Å². The molecule has 1 heterocycles. The second-order valence-corrected chi connectivity index (χ2v) is 5.12. The Bertz CT molecular complexity index is 517. The molecule has 5 nitrogen and oxygen atoms in total. The number of morpholine rings is 1. The quantitative estimate of drug-likeness (QED) is 0.777. The van der Waals surface area contributed by atoms with E-state index in [0.29, 0.717) is 19.8 Å². The Morgan fingerprint density at radius 3 is 2.87 bits per heavy atom. The van der Waals surface area contributed by atoms with E-state index in [4.69, 9.17) is 9.47 Å². The Morgan fingerprint density at radius 1 is 1.39 bits per heavy atom. The molecular weight excluding hydrogens is 313 g/mol. The molecule has 1 amide bonds. The van der Waals surface area contributed by atoms with Crippen LogP contribution in [0.25, 0.3) is 0 Å². The molecule has 2 rings (SSSR count). The van der Waals surface area contributed by atoms with Crippen molar-refractivity contribution >= 4 is 5.91 Å². The number of carbonyl (C=O) groups is 1. The van der Waals surface area contributed by atoms with Crippen LogP contribution in [0.4, 0.5) is 13.2 Å². The summed E-state index contributed by atoms with van der Waals surface area (Å²) in [5, 5.41) is 5.77. The molecular formula is C15H19F3N2O3. The van der Waals surface area contributed by atoms with Crippen molar-refractivity contribution in [2.45, 2.75) is 18.6 Å². The fraction of sp³-hybridized carbons (Fsp3) is 0.533. The lowest BCUT2D eigenvalue weighted by Gasteiger charge is -2.23. The van der Waals surface area contributed by atoms with E-state index < -0.39 is 11.7 Å². The van der Waals surface area contributed by atoms with Crippen LogP contribution in [-0.2, 0) is 15.7 Å². The van der Waals surface area contributed by atoms with Crippen LogP contribution in [0.1, 0.15) is 12.0 Å². The van der Waals surface area contributed by atoms with Gasteiger partial charge in [-0.2, -0.15) is 13.2 Å². The van der Waals surface area contributed by atoms with Gasteiger partial charge in [-0.1, -0.05) is 12.1 Å². The van der Waals surface area contributed by atoms with Gasteiger partial charge in [0.25, 0.3) is 0 Å². The molecule has 1 aromatic rings. The van der Waals surface area contributed by atoms with Crippen molar-refractivity contribution in [1.29, 1.82) is 0 Å². The third-order valence-corrected chi connectivity index (χ3v) is 3.30. The smallest absolute Gasteiger partial charge is 0.419 e. The first-order chi connectivity index (χ1) is 11.0. The van der Waals surface area contributed by atoms with Crippen molar-refractivity contribution in [1.82, 2.24) is 10.6 Å². The van der Waals surface area contributed by atoms with Crippen LogP contribution in [0.15, 0.2) is 24.3 Å². The highest BCUT2D eigenvalue weighted by Gasteiger charge is 2.33. The van der Waals surface area contributed by atoms with Gasteiger partial charge in [-0.3, -0.25) is 4.79 Å². The van der Waals surface area contributed by atoms with E-state index in [-0.39, 0.29) is 37.3 Å². The van der Waals surface area contributed by atoms with Crippen molar-refractivity contribution < 1.29 is 27.4 Å². The van der Waals surface area contributed by atoms with Crippen LogP contribution < -0.4 is 15.4 Å². The molecule has 2 N–H and O–H groups in total. The SMILES string of the molecule is O=C(CC1COCCN1)NCCOc1ccccc1C(F)(F)F. The van der Waals surface area contributed by atoms with E-state index in [2.05, 4.69) is 10.6 Å². The fourth-order valence-corrected chi connectivity index (χ4v) is 2.22. The number of para-hydroxylation sites is 1. The molecule has 0 bridgehead atoms. The van der Waals surface area contributed by atoms with Crippen LogP contribution in [0.2, 0.25) is 0 Å². The number of ether oxygens (including phenoxy) is 2. The predicted molar refractivity (Wildman–Crippen MR) is 77.2 cm³/mol. The van der Waals surface area contributed by atoms with Gasteiger partial charge in [-0.05, 0) is 12.1 Å². The summed E-state index contributed by atoms with van der Waals surface area (Å²) < 4.78 is 48.7. The van der Waals surface area contributed by atoms with Gasteiger partial charge in [0.15, 0.2) is 0 Å². The zero-order valence-corrected chi connectivity index (χ0v) is 12.5. The first-order valence-corrected chi connectivity index (χ1v) is 7.33. The summed E-state index contributed by atoms with van der Waals surface area (Å²) in [5.41, 5.74) is -0.824. The average Bonchev–Trinajstić information content (AvgIpc) is 2.52. The summed E-state index contributed by atoms with van der Waals surface area (Å²) in [6, 6.07) is 4.96. The molecule has 23 heavy (non-hydrogen) atoms. The highest BCUT2D eigenvalue weighted by atomic mass is 19.4. The van der Waals surface area contributed by atoms with Crippen LogP contribution >= 0.6 is 0 Å². The maximum atomic E-state index is 12.8. The van der Waals surface area contributed by atoms with E-state index in [1.54, 1.807) is 0 Å². The number of benzene rings is 1. The van der Waals surface area contributed by atoms with Gasteiger partial charge in [0.2, 0.25) is 5.91 Å². The topological polar surface area (TPSA) is 59.6 Å². The van der Waals surface area contributed by atoms with Crippen LogP contribution in [0, 0.1) is 0 Å². The normalized spacial score (nSPS) is 18.5. The van der Waals surface area contributed by atoms with Gasteiger partial charge < -0.3 is 20.1 Å². The summed E-state index contributed by atoms with van der Waals surface area (Å²) in [4.78, 5) is 11.7. The fourth-order valence-electron chi connectivity index (χ4n) is 2.22. The van der Waals surface area contributed by atoms with Gasteiger partial charge in [-0.15, -0.1) is 0 Å². The lowest BCUT2D eigenvalue weighted by molar-refractivity contribution is -0.139. The third-order valence-electron chi connectivity index (χ3n) is 3.30. The standard InChI is InChI=1S/C15H19F3N2O3/c16-15(17,18)12-3-1-2-4-13(12)23-8-6-20-14(21)9-11-10-22-7-5-19-11/h1-4,11,19H,5-10H2,(H,20,21). The average molecular weight is 332 g/mol. The molecule has 1 atom stereocenters. The molecule has 1 saturated heterocycles. The molecule has 1 aliphatic heterocycles. The summed E-state index contributed by atoms with van der Waals surface area (Å²) >= 11 is 0.